The first-order chi connectivity index (χ1) is 12.0. The van der Waals surface area contributed by atoms with E-state index in [9.17, 15) is 8.42 Å². The van der Waals surface area contributed by atoms with Crippen LogP contribution >= 0.6 is 27.5 Å². The summed E-state index contributed by atoms with van der Waals surface area (Å²) in [6.45, 7) is 0.288. The number of benzene rings is 2. The van der Waals surface area contributed by atoms with Gasteiger partial charge in [0.1, 0.15) is 4.90 Å². The Kier molecular flexibility index (Phi) is 5.58. The van der Waals surface area contributed by atoms with Gasteiger partial charge in [-0.05, 0) is 48.4 Å². The van der Waals surface area contributed by atoms with Gasteiger partial charge in [0.2, 0.25) is 10.0 Å². The van der Waals surface area contributed by atoms with Gasteiger partial charge in [-0.25, -0.2) is 17.8 Å². The Balaban J connectivity index is 1.62. The van der Waals surface area contributed by atoms with Crippen molar-refractivity contribution in [3.05, 3.63) is 76.0 Å². The van der Waals surface area contributed by atoms with Crippen LogP contribution in [0.2, 0.25) is 5.02 Å². The van der Waals surface area contributed by atoms with Gasteiger partial charge in [-0.2, -0.15) is 5.10 Å². The predicted molar refractivity (Wildman–Crippen MR) is 102 cm³/mol. The molecule has 0 bridgehead atoms. The van der Waals surface area contributed by atoms with E-state index in [4.69, 9.17) is 11.6 Å². The molecule has 0 saturated carbocycles. The number of halogens is 2. The summed E-state index contributed by atoms with van der Waals surface area (Å²) < 4.78 is 29.8. The molecular weight excluding hydrogens is 426 g/mol. The number of hydrogen-bond donors (Lipinski definition) is 1. The van der Waals surface area contributed by atoms with Crippen molar-refractivity contribution in [3.8, 4) is 5.69 Å². The molecule has 0 unspecified atom stereocenters. The van der Waals surface area contributed by atoms with Gasteiger partial charge in [-0.3, -0.25) is 0 Å². The zero-order valence-corrected chi connectivity index (χ0v) is 16.2. The van der Waals surface area contributed by atoms with Gasteiger partial charge >= 0.3 is 0 Å². The first-order valence-electron chi connectivity index (χ1n) is 7.49. The number of sulfonamides is 1. The average molecular weight is 441 g/mol. The van der Waals surface area contributed by atoms with E-state index in [1.807, 2.05) is 36.5 Å². The summed E-state index contributed by atoms with van der Waals surface area (Å²) in [7, 11) is -3.64. The molecule has 0 aliphatic heterocycles. The first-order valence-corrected chi connectivity index (χ1v) is 10.1. The Bertz CT molecular complexity index is 958. The highest BCUT2D eigenvalue weighted by Crippen LogP contribution is 2.25. The second kappa shape index (κ2) is 7.70. The molecule has 130 valence electrons. The second-order valence-electron chi connectivity index (χ2n) is 5.34. The van der Waals surface area contributed by atoms with E-state index in [-0.39, 0.29) is 16.5 Å². The van der Waals surface area contributed by atoms with Crippen LogP contribution in [0, 0.1) is 0 Å². The number of aromatic nitrogens is 2. The Hall–Kier alpha value is -1.67. The van der Waals surface area contributed by atoms with Gasteiger partial charge in [0.25, 0.3) is 0 Å². The van der Waals surface area contributed by atoms with E-state index in [2.05, 4.69) is 25.8 Å². The zero-order chi connectivity index (χ0) is 17.9. The summed E-state index contributed by atoms with van der Waals surface area (Å²) >= 11 is 9.28. The number of nitrogens with one attached hydrogen (secondary N) is 1. The predicted octanol–water partition coefficient (Wildman–Crippen LogP) is 3.81. The molecule has 0 radical (unpaired) electrons. The van der Waals surface area contributed by atoms with E-state index in [1.165, 1.54) is 6.07 Å². The summed E-state index contributed by atoms with van der Waals surface area (Å²) in [5, 5.41) is 4.35. The minimum Gasteiger partial charge on any atom is -0.241 e. The minimum absolute atomic E-state index is 0.0754. The van der Waals surface area contributed by atoms with Crippen LogP contribution in [-0.2, 0) is 16.4 Å². The van der Waals surface area contributed by atoms with Crippen LogP contribution < -0.4 is 4.72 Å². The molecular formula is C17H15BrClN3O2S. The maximum absolute atomic E-state index is 12.3. The molecule has 8 heteroatoms. The van der Waals surface area contributed by atoms with Crippen LogP contribution in [0.1, 0.15) is 5.56 Å². The molecule has 3 aromatic rings. The zero-order valence-electron chi connectivity index (χ0n) is 13.1. The molecule has 1 heterocycles. The summed E-state index contributed by atoms with van der Waals surface area (Å²) in [4.78, 5) is 0.0754. The molecule has 5 nitrogen and oxygen atoms in total. The van der Waals surface area contributed by atoms with Crippen molar-refractivity contribution in [2.45, 2.75) is 11.3 Å². The van der Waals surface area contributed by atoms with Crippen LogP contribution in [0.15, 0.2) is 70.3 Å². The van der Waals surface area contributed by atoms with Gasteiger partial charge in [-0.15, -0.1) is 0 Å². The molecule has 1 N–H and O–H groups in total. The third-order valence-electron chi connectivity index (χ3n) is 3.59. The lowest BCUT2D eigenvalue weighted by Crippen LogP contribution is -2.26. The highest BCUT2D eigenvalue weighted by Gasteiger charge is 2.17. The standard InChI is InChI=1S/C17H15BrClN3O2S/c18-14-4-7-17(16(19)12-14)25(23,24)21-10-8-13-2-5-15(6-3-13)22-11-1-9-20-22/h1-7,9,11-12,21H,8,10H2. The fourth-order valence-electron chi connectivity index (χ4n) is 2.34. The van der Waals surface area contributed by atoms with Crippen LogP contribution in [0.5, 0.6) is 0 Å². The maximum Gasteiger partial charge on any atom is 0.242 e. The molecule has 0 fully saturated rings. The summed E-state index contributed by atoms with van der Waals surface area (Å²) in [5.74, 6) is 0. The van der Waals surface area contributed by atoms with Gasteiger partial charge in [0, 0.05) is 23.4 Å². The highest BCUT2D eigenvalue weighted by atomic mass is 79.9. The van der Waals surface area contributed by atoms with Crippen molar-refractivity contribution in [2.75, 3.05) is 6.54 Å². The maximum atomic E-state index is 12.3. The van der Waals surface area contributed by atoms with Crippen molar-refractivity contribution >= 4 is 37.6 Å². The Morgan fingerprint density at radius 3 is 2.56 bits per heavy atom. The molecule has 0 aliphatic rings. The van der Waals surface area contributed by atoms with Crippen molar-refractivity contribution in [1.82, 2.24) is 14.5 Å². The summed E-state index contributed by atoms with van der Waals surface area (Å²) in [5.41, 5.74) is 1.98. The van der Waals surface area contributed by atoms with E-state index in [1.54, 1.807) is 23.0 Å². The molecule has 0 saturated heterocycles. The molecule has 0 atom stereocenters. The topological polar surface area (TPSA) is 64.0 Å². The van der Waals surface area contributed by atoms with E-state index >= 15 is 0 Å². The van der Waals surface area contributed by atoms with Gasteiger partial charge in [-0.1, -0.05) is 39.7 Å². The molecule has 0 aliphatic carbocycles. The summed E-state index contributed by atoms with van der Waals surface area (Å²) in [6.07, 6.45) is 4.16. The quantitative estimate of drug-likeness (QED) is 0.634. The number of hydrogen-bond acceptors (Lipinski definition) is 3. The lowest BCUT2D eigenvalue weighted by molar-refractivity contribution is 0.581. The minimum atomic E-state index is -3.64. The lowest BCUT2D eigenvalue weighted by Gasteiger charge is -2.09. The molecule has 1 aromatic heterocycles. The van der Waals surface area contributed by atoms with Gasteiger partial charge in [0.05, 0.1) is 10.7 Å². The normalized spacial score (nSPS) is 11.6. The SMILES string of the molecule is O=S(=O)(NCCc1ccc(-n2cccn2)cc1)c1ccc(Br)cc1Cl. The lowest BCUT2D eigenvalue weighted by atomic mass is 10.1. The van der Waals surface area contributed by atoms with Crippen LogP contribution in [0.25, 0.3) is 5.69 Å². The largest absolute Gasteiger partial charge is 0.242 e. The first kappa shape index (κ1) is 18.1. The van der Waals surface area contributed by atoms with Crippen molar-refractivity contribution in [3.63, 3.8) is 0 Å². The fourth-order valence-corrected chi connectivity index (χ4v) is 4.40. The van der Waals surface area contributed by atoms with Crippen molar-refractivity contribution < 1.29 is 8.42 Å². The van der Waals surface area contributed by atoms with Crippen molar-refractivity contribution in [2.24, 2.45) is 0 Å². The number of rotatable bonds is 6. The fraction of sp³-hybridized carbons (Fsp3) is 0.118. The Labute approximate surface area is 159 Å². The average Bonchev–Trinajstić information content (AvgIpc) is 3.09. The van der Waals surface area contributed by atoms with Gasteiger partial charge in [0.15, 0.2) is 0 Å². The third kappa shape index (κ3) is 4.49. The van der Waals surface area contributed by atoms with E-state index in [0.717, 1.165) is 15.7 Å². The van der Waals surface area contributed by atoms with Crippen molar-refractivity contribution in [1.29, 1.82) is 0 Å². The van der Waals surface area contributed by atoms with E-state index in [0.29, 0.717) is 6.42 Å². The second-order valence-corrected chi connectivity index (χ2v) is 8.40. The van der Waals surface area contributed by atoms with Crippen LogP contribution in [0.4, 0.5) is 0 Å². The molecule has 25 heavy (non-hydrogen) atoms. The smallest absolute Gasteiger partial charge is 0.241 e. The summed E-state index contributed by atoms with van der Waals surface area (Å²) in [6, 6.07) is 14.4. The highest BCUT2D eigenvalue weighted by molar-refractivity contribution is 9.10. The van der Waals surface area contributed by atoms with Crippen LogP contribution in [0.3, 0.4) is 0 Å². The molecule has 0 spiro atoms. The monoisotopic (exact) mass is 439 g/mol. The third-order valence-corrected chi connectivity index (χ3v) is 6.03. The Morgan fingerprint density at radius 1 is 1.16 bits per heavy atom. The number of nitrogens with zero attached hydrogens (tertiary/aromatic N) is 2. The van der Waals surface area contributed by atoms with E-state index < -0.39 is 10.0 Å². The van der Waals surface area contributed by atoms with Gasteiger partial charge < -0.3 is 0 Å². The molecule has 2 aromatic carbocycles. The molecule has 0 amide bonds. The van der Waals surface area contributed by atoms with Crippen LogP contribution in [-0.4, -0.2) is 24.7 Å². The molecule has 3 rings (SSSR count). The Morgan fingerprint density at radius 2 is 1.92 bits per heavy atom.